The Balaban J connectivity index is 1.76. The SMILES string of the molecule is CC(=O)N1c2ccc(N3CCOCC3)cc2C(Nc2cccnc2)[C@@H](C)[C@@H]1C. The third-order valence-electron chi connectivity index (χ3n) is 6.00. The van der Waals surface area contributed by atoms with Crippen LogP contribution in [0.2, 0.25) is 0 Å². The van der Waals surface area contributed by atoms with Gasteiger partial charge in [-0.05, 0) is 37.3 Å². The number of nitrogens with one attached hydrogen (secondary N) is 1. The molecule has 1 fully saturated rings. The second kappa shape index (κ2) is 7.80. The first kappa shape index (κ1) is 18.7. The molecular formula is C22H28N4O2. The first-order valence-corrected chi connectivity index (χ1v) is 9.99. The van der Waals surface area contributed by atoms with E-state index >= 15 is 0 Å². The van der Waals surface area contributed by atoms with Crippen molar-refractivity contribution in [3.63, 3.8) is 0 Å². The summed E-state index contributed by atoms with van der Waals surface area (Å²) in [6.45, 7) is 9.27. The highest BCUT2D eigenvalue weighted by molar-refractivity contribution is 5.94. The van der Waals surface area contributed by atoms with Gasteiger partial charge in [0.15, 0.2) is 0 Å². The summed E-state index contributed by atoms with van der Waals surface area (Å²) in [5.74, 6) is 0.330. The summed E-state index contributed by atoms with van der Waals surface area (Å²) in [6, 6.07) is 10.7. The van der Waals surface area contributed by atoms with Gasteiger partial charge in [0.05, 0.1) is 24.9 Å². The van der Waals surface area contributed by atoms with Crippen molar-refractivity contribution in [2.75, 3.05) is 41.4 Å². The van der Waals surface area contributed by atoms with Crippen LogP contribution >= 0.6 is 0 Å². The van der Waals surface area contributed by atoms with Gasteiger partial charge in [0.1, 0.15) is 0 Å². The first-order chi connectivity index (χ1) is 13.6. The van der Waals surface area contributed by atoms with Crippen molar-refractivity contribution in [2.45, 2.75) is 32.9 Å². The standard InChI is InChI=1S/C22H28N4O2/c1-15-16(2)26(17(3)27)21-7-6-19(25-9-11-28-12-10-25)13-20(21)22(15)24-18-5-4-8-23-14-18/h4-8,13-16,22,24H,9-12H2,1-3H3/t15-,16-,22?/m0/s1. The van der Waals surface area contributed by atoms with Gasteiger partial charge in [0.25, 0.3) is 0 Å². The van der Waals surface area contributed by atoms with Crippen LogP contribution in [0, 0.1) is 5.92 Å². The second-order valence-electron chi connectivity index (χ2n) is 7.69. The maximum Gasteiger partial charge on any atom is 0.224 e. The Labute approximate surface area is 166 Å². The van der Waals surface area contributed by atoms with Gasteiger partial charge in [-0.2, -0.15) is 0 Å². The van der Waals surface area contributed by atoms with Crippen LogP contribution in [0.5, 0.6) is 0 Å². The van der Waals surface area contributed by atoms with E-state index in [1.54, 1.807) is 13.1 Å². The van der Waals surface area contributed by atoms with Gasteiger partial charge in [0, 0.05) is 61.3 Å². The Kier molecular flexibility index (Phi) is 5.22. The monoisotopic (exact) mass is 380 g/mol. The Hall–Kier alpha value is -2.60. The largest absolute Gasteiger partial charge is 0.378 e. The van der Waals surface area contributed by atoms with Crippen LogP contribution < -0.4 is 15.1 Å². The third kappa shape index (κ3) is 3.44. The van der Waals surface area contributed by atoms with Crippen molar-refractivity contribution in [1.29, 1.82) is 0 Å². The smallest absolute Gasteiger partial charge is 0.224 e. The number of hydrogen-bond donors (Lipinski definition) is 1. The van der Waals surface area contributed by atoms with Crippen LogP contribution in [0.25, 0.3) is 0 Å². The maximum absolute atomic E-state index is 12.4. The van der Waals surface area contributed by atoms with Crippen molar-refractivity contribution in [2.24, 2.45) is 5.92 Å². The maximum atomic E-state index is 12.4. The van der Waals surface area contributed by atoms with E-state index in [0.717, 1.165) is 43.2 Å². The molecule has 0 saturated carbocycles. The molecule has 148 valence electrons. The first-order valence-electron chi connectivity index (χ1n) is 9.99. The Morgan fingerprint density at radius 3 is 2.68 bits per heavy atom. The molecule has 3 atom stereocenters. The van der Waals surface area contributed by atoms with Crippen molar-refractivity contribution in [1.82, 2.24) is 4.98 Å². The highest BCUT2D eigenvalue weighted by atomic mass is 16.5. The molecule has 0 spiro atoms. The van der Waals surface area contributed by atoms with Crippen LogP contribution in [0.15, 0.2) is 42.7 Å². The lowest BCUT2D eigenvalue weighted by atomic mass is 9.82. The van der Waals surface area contributed by atoms with E-state index in [1.807, 2.05) is 23.2 Å². The second-order valence-corrected chi connectivity index (χ2v) is 7.69. The minimum Gasteiger partial charge on any atom is -0.378 e. The fraction of sp³-hybridized carbons (Fsp3) is 0.455. The molecule has 1 saturated heterocycles. The number of nitrogens with zero attached hydrogens (tertiary/aromatic N) is 3. The van der Waals surface area contributed by atoms with E-state index in [1.165, 1.54) is 5.69 Å². The molecule has 3 heterocycles. The summed E-state index contributed by atoms with van der Waals surface area (Å²) in [6.07, 6.45) is 3.63. The molecule has 2 aromatic rings. The van der Waals surface area contributed by atoms with E-state index in [4.69, 9.17) is 4.74 Å². The molecule has 1 aromatic carbocycles. The van der Waals surface area contributed by atoms with Crippen molar-refractivity contribution >= 4 is 23.0 Å². The Bertz CT molecular complexity index is 836. The van der Waals surface area contributed by atoms with Crippen molar-refractivity contribution in [3.05, 3.63) is 48.3 Å². The van der Waals surface area contributed by atoms with Gasteiger partial charge < -0.3 is 19.9 Å². The molecule has 28 heavy (non-hydrogen) atoms. The number of pyridine rings is 1. The highest BCUT2D eigenvalue weighted by Crippen LogP contribution is 2.44. The van der Waals surface area contributed by atoms with Crippen molar-refractivity contribution in [3.8, 4) is 0 Å². The van der Waals surface area contributed by atoms with E-state index in [0.29, 0.717) is 0 Å². The number of amides is 1. The molecule has 1 aromatic heterocycles. The number of morpholine rings is 1. The van der Waals surface area contributed by atoms with E-state index < -0.39 is 0 Å². The number of benzene rings is 1. The molecule has 1 N–H and O–H groups in total. The minimum absolute atomic E-state index is 0.0829. The topological polar surface area (TPSA) is 57.7 Å². The number of carbonyl (C=O) groups excluding carboxylic acids is 1. The number of aromatic nitrogens is 1. The predicted octanol–water partition coefficient (Wildman–Crippen LogP) is 3.46. The van der Waals surface area contributed by atoms with E-state index in [9.17, 15) is 4.79 Å². The minimum atomic E-state index is 0.0829. The number of fused-ring (bicyclic) bond motifs is 1. The predicted molar refractivity (Wildman–Crippen MR) is 112 cm³/mol. The molecule has 2 aliphatic heterocycles. The molecule has 0 aliphatic carbocycles. The fourth-order valence-electron chi connectivity index (χ4n) is 4.34. The van der Waals surface area contributed by atoms with Gasteiger partial charge in [-0.25, -0.2) is 0 Å². The summed E-state index contributed by atoms with van der Waals surface area (Å²) < 4.78 is 5.50. The number of hydrogen-bond acceptors (Lipinski definition) is 5. The third-order valence-corrected chi connectivity index (χ3v) is 6.00. The van der Waals surface area contributed by atoms with Crippen LogP contribution in [0.3, 0.4) is 0 Å². The lowest BCUT2D eigenvalue weighted by Crippen LogP contribution is -2.48. The summed E-state index contributed by atoms with van der Waals surface area (Å²) in [7, 11) is 0. The van der Waals surface area contributed by atoms with Gasteiger partial charge >= 0.3 is 0 Å². The quantitative estimate of drug-likeness (QED) is 0.884. The average Bonchev–Trinajstić information content (AvgIpc) is 2.72. The molecule has 4 rings (SSSR count). The van der Waals surface area contributed by atoms with Crippen molar-refractivity contribution < 1.29 is 9.53 Å². The lowest BCUT2D eigenvalue weighted by molar-refractivity contribution is -0.117. The van der Waals surface area contributed by atoms with Crippen LogP contribution in [0.4, 0.5) is 17.1 Å². The summed E-state index contributed by atoms with van der Waals surface area (Å²) in [4.78, 5) is 21.0. The Morgan fingerprint density at radius 1 is 1.21 bits per heavy atom. The zero-order chi connectivity index (χ0) is 19.7. The summed E-state index contributed by atoms with van der Waals surface area (Å²) >= 11 is 0. The molecule has 1 unspecified atom stereocenters. The molecule has 2 aliphatic rings. The number of anilines is 3. The number of rotatable bonds is 3. The van der Waals surface area contributed by atoms with Crippen LogP contribution in [-0.4, -0.2) is 43.2 Å². The zero-order valence-electron chi connectivity index (χ0n) is 16.8. The average molecular weight is 380 g/mol. The molecule has 6 heteroatoms. The van der Waals surface area contributed by atoms with Crippen LogP contribution in [-0.2, 0) is 9.53 Å². The molecule has 1 amide bonds. The van der Waals surface area contributed by atoms with E-state index in [-0.39, 0.29) is 23.9 Å². The lowest BCUT2D eigenvalue weighted by Gasteiger charge is -2.44. The number of ether oxygens (including phenoxy) is 1. The normalized spacial score (nSPS) is 24.6. The number of carbonyl (C=O) groups is 1. The van der Waals surface area contributed by atoms with Gasteiger partial charge in [-0.15, -0.1) is 0 Å². The van der Waals surface area contributed by atoms with Gasteiger partial charge in [0.2, 0.25) is 5.91 Å². The molecule has 0 radical (unpaired) electrons. The van der Waals surface area contributed by atoms with Gasteiger partial charge in [-0.1, -0.05) is 6.92 Å². The fourth-order valence-corrected chi connectivity index (χ4v) is 4.34. The molecule has 6 nitrogen and oxygen atoms in total. The van der Waals surface area contributed by atoms with Crippen LogP contribution in [0.1, 0.15) is 32.4 Å². The Morgan fingerprint density at radius 2 is 2.00 bits per heavy atom. The van der Waals surface area contributed by atoms with Gasteiger partial charge in [-0.3, -0.25) is 9.78 Å². The summed E-state index contributed by atoms with van der Waals surface area (Å²) in [5.41, 5.74) is 4.33. The highest BCUT2D eigenvalue weighted by Gasteiger charge is 2.38. The zero-order valence-corrected chi connectivity index (χ0v) is 16.8. The summed E-state index contributed by atoms with van der Waals surface area (Å²) in [5, 5.41) is 3.66. The van der Waals surface area contributed by atoms with E-state index in [2.05, 4.69) is 47.2 Å². The molecular weight excluding hydrogens is 352 g/mol. The molecule has 0 bridgehead atoms.